The molecule has 1 fully saturated rings. The van der Waals surface area contributed by atoms with E-state index in [1.165, 1.54) is 7.11 Å². The third-order valence-corrected chi connectivity index (χ3v) is 6.94. The number of hydrogen-bond acceptors (Lipinski definition) is 5. The molecule has 2 amide bonds. The van der Waals surface area contributed by atoms with Crippen LogP contribution in [0.15, 0.2) is 48.5 Å². The molecule has 0 aromatic heterocycles. The molecule has 2 aliphatic rings. The lowest BCUT2D eigenvalue weighted by Crippen LogP contribution is -2.60. The Labute approximate surface area is 198 Å². The number of rotatable bonds is 9. The first kappa shape index (κ1) is 23.8. The fourth-order valence-electron chi connectivity index (χ4n) is 4.83. The van der Waals surface area contributed by atoms with Crippen LogP contribution in [-0.4, -0.2) is 55.0 Å². The summed E-state index contributed by atoms with van der Waals surface area (Å²) in [6.07, 6.45) is 0.555. The number of carboxylic acid groups (broad SMARTS) is 1. The van der Waals surface area contributed by atoms with Gasteiger partial charge in [-0.2, -0.15) is 0 Å². The van der Waals surface area contributed by atoms with Gasteiger partial charge in [-0.25, -0.2) is 9.59 Å². The summed E-state index contributed by atoms with van der Waals surface area (Å²) in [6.45, 7) is 1.81. The van der Waals surface area contributed by atoms with Crippen molar-refractivity contribution in [2.45, 2.75) is 43.7 Å². The molecule has 8 heteroatoms. The van der Waals surface area contributed by atoms with Crippen molar-refractivity contribution < 1.29 is 29.0 Å². The van der Waals surface area contributed by atoms with Crippen molar-refractivity contribution in [2.75, 3.05) is 20.3 Å². The lowest BCUT2D eigenvalue weighted by molar-refractivity contribution is -0.151. The number of ether oxygens (including phenoxy) is 2. The molecule has 0 bridgehead atoms. The predicted octanol–water partition coefficient (Wildman–Crippen LogP) is 3.30. The smallest absolute Gasteiger partial charge is 0.407 e. The van der Waals surface area contributed by atoms with Gasteiger partial charge in [-0.1, -0.05) is 55.5 Å². The Bertz CT molecular complexity index is 1030. The van der Waals surface area contributed by atoms with E-state index in [1.807, 2.05) is 24.3 Å². The number of fused-ring (bicyclic) bond motifs is 3. The second-order valence-corrected chi connectivity index (χ2v) is 9.00. The molecule has 0 heterocycles. The van der Waals surface area contributed by atoms with Crippen LogP contribution in [0.3, 0.4) is 0 Å². The van der Waals surface area contributed by atoms with Crippen LogP contribution < -0.4 is 10.6 Å². The Kier molecular flexibility index (Phi) is 6.88. The molecule has 3 N–H and O–H groups in total. The van der Waals surface area contributed by atoms with Crippen LogP contribution in [0.2, 0.25) is 0 Å². The summed E-state index contributed by atoms with van der Waals surface area (Å²) >= 11 is 0. The number of carbonyl (C=O) groups excluding carboxylic acids is 2. The Morgan fingerprint density at radius 3 is 2.15 bits per heavy atom. The number of alkyl carbamates (subject to hydrolysis) is 1. The molecular weight excluding hydrogens is 436 g/mol. The zero-order valence-electron chi connectivity index (χ0n) is 19.4. The van der Waals surface area contributed by atoms with Gasteiger partial charge < -0.3 is 25.2 Å². The fraction of sp³-hybridized carbons (Fsp3) is 0.423. The summed E-state index contributed by atoms with van der Waals surface area (Å²) in [7, 11) is 1.40. The van der Waals surface area contributed by atoms with Gasteiger partial charge >= 0.3 is 12.1 Å². The summed E-state index contributed by atoms with van der Waals surface area (Å²) in [5.41, 5.74) is 3.17. The summed E-state index contributed by atoms with van der Waals surface area (Å²) in [5.74, 6) is -1.84. The predicted molar refractivity (Wildman–Crippen MR) is 125 cm³/mol. The Morgan fingerprint density at radius 2 is 1.62 bits per heavy atom. The number of aliphatic carboxylic acids is 1. The topological polar surface area (TPSA) is 114 Å². The molecule has 34 heavy (non-hydrogen) atoms. The van der Waals surface area contributed by atoms with Gasteiger partial charge in [-0.3, -0.25) is 4.79 Å². The van der Waals surface area contributed by atoms with Crippen molar-refractivity contribution in [2.24, 2.45) is 5.92 Å². The summed E-state index contributed by atoms with van der Waals surface area (Å²) in [4.78, 5) is 36.7. The highest BCUT2D eigenvalue weighted by Gasteiger charge is 2.43. The number of hydrogen-bond donors (Lipinski definition) is 3. The Hall–Kier alpha value is -3.39. The number of benzene rings is 2. The van der Waals surface area contributed by atoms with E-state index < -0.39 is 17.6 Å². The van der Waals surface area contributed by atoms with E-state index in [1.54, 1.807) is 6.92 Å². The molecule has 0 aliphatic heterocycles. The SMILES string of the molecule is CCC(COC)(NC(=O)C1CC(NC(=O)OCC2c3ccccc3-c3ccccc32)C1)C(=O)O. The van der Waals surface area contributed by atoms with Crippen molar-refractivity contribution in [3.05, 3.63) is 59.7 Å². The average molecular weight is 467 g/mol. The Morgan fingerprint density at radius 1 is 1.03 bits per heavy atom. The van der Waals surface area contributed by atoms with Gasteiger partial charge in [-0.05, 0) is 41.5 Å². The summed E-state index contributed by atoms with van der Waals surface area (Å²) in [5, 5.41) is 15.0. The minimum Gasteiger partial charge on any atom is -0.479 e. The van der Waals surface area contributed by atoms with E-state index in [0.29, 0.717) is 12.8 Å². The Balaban J connectivity index is 1.28. The van der Waals surface area contributed by atoms with Crippen molar-refractivity contribution in [1.29, 1.82) is 0 Å². The van der Waals surface area contributed by atoms with E-state index in [9.17, 15) is 19.5 Å². The van der Waals surface area contributed by atoms with Gasteiger partial charge in [0.05, 0.1) is 6.61 Å². The lowest BCUT2D eigenvalue weighted by Gasteiger charge is -2.37. The van der Waals surface area contributed by atoms with Crippen molar-refractivity contribution in [3.63, 3.8) is 0 Å². The van der Waals surface area contributed by atoms with E-state index in [0.717, 1.165) is 22.3 Å². The molecule has 180 valence electrons. The number of carboxylic acids is 1. The standard InChI is InChI=1S/C26H30N2O6/c1-3-26(15-33-2,24(30)31)28-23(29)16-12-17(13-16)27-25(32)34-14-22-20-10-6-4-8-18(20)19-9-5-7-11-21(19)22/h4-11,16-17,22H,3,12-15H2,1-2H3,(H,27,32)(H,28,29)(H,30,31). The molecule has 1 atom stereocenters. The maximum absolute atomic E-state index is 12.6. The molecule has 1 saturated carbocycles. The molecule has 0 spiro atoms. The highest BCUT2D eigenvalue weighted by atomic mass is 16.5. The molecule has 2 aliphatic carbocycles. The second-order valence-electron chi connectivity index (χ2n) is 9.00. The molecule has 2 aromatic rings. The largest absolute Gasteiger partial charge is 0.479 e. The first-order chi connectivity index (χ1) is 16.4. The quantitative estimate of drug-likeness (QED) is 0.523. The van der Waals surface area contributed by atoms with Crippen LogP contribution in [0, 0.1) is 5.92 Å². The van der Waals surface area contributed by atoms with E-state index in [-0.39, 0.29) is 43.4 Å². The monoisotopic (exact) mass is 466 g/mol. The highest BCUT2D eigenvalue weighted by molar-refractivity contribution is 5.89. The number of amides is 2. The maximum atomic E-state index is 12.6. The van der Waals surface area contributed by atoms with Crippen LogP contribution in [0.25, 0.3) is 11.1 Å². The normalized spacial score (nSPS) is 20.3. The van der Waals surface area contributed by atoms with Gasteiger partial charge in [0, 0.05) is 25.0 Å². The van der Waals surface area contributed by atoms with Crippen LogP contribution in [0.1, 0.15) is 43.2 Å². The minimum atomic E-state index is -1.45. The van der Waals surface area contributed by atoms with Gasteiger partial charge in [0.1, 0.15) is 6.61 Å². The minimum absolute atomic E-state index is 0.0166. The number of nitrogens with one attached hydrogen (secondary N) is 2. The van der Waals surface area contributed by atoms with E-state index in [4.69, 9.17) is 9.47 Å². The van der Waals surface area contributed by atoms with Crippen LogP contribution in [-0.2, 0) is 19.1 Å². The van der Waals surface area contributed by atoms with Gasteiger partial charge in [0.2, 0.25) is 5.91 Å². The first-order valence-electron chi connectivity index (χ1n) is 11.5. The van der Waals surface area contributed by atoms with E-state index in [2.05, 4.69) is 34.9 Å². The maximum Gasteiger partial charge on any atom is 0.407 e. The van der Waals surface area contributed by atoms with Crippen molar-refractivity contribution in [3.8, 4) is 11.1 Å². The molecular formula is C26H30N2O6. The third kappa shape index (κ3) is 4.50. The first-order valence-corrected chi connectivity index (χ1v) is 11.5. The van der Waals surface area contributed by atoms with Crippen LogP contribution >= 0.6 is 0 Å². The van der Waals surface area contributed by atoms with Crippen molar-refractivity contribution >= 4 is 18.0 Å². The van der Waals surface area contributed by atoms with Gasteiger partial charge in [0.25, 0.3) is 0 Å². The summed E-state index contributed by atoms with van der Waals surface area (Å²) < 4.78 is 10.6. The highest BCUT2D eigenvalue weighted by Crippen LogP contribution is 2.44. The van der Waals surface area contributed by atoms with Crippen molar-refractivity contribution in [1.82, 2.24) is 10.6 Å². The molecule has 4 rings (SSSR count). The summed E-state index contributed by atoms with van der Waals surface area (Å²) in [6, 6.07) is 16.1. The lowest BCUT2D eigenvalue weighted by atomic mass is 9.79. The van der Waals surface area contributed by atoms with Gasteiger partial charge in [-0.15, -0.1) is 0 Å². The average Bonchev–Trinajstić information content (AvgIpc) is 3.13. The molecule has 0 radical (unpaired) electrons. The van der Waals surface area contributed by atoms with Gasteiger partial charge in [0.15, 0.2) is 5.54 Å². The zero-order chi connectivity index (χ0) is 24.3. The second kappa shape index (κ2) is 9.85. The molecule has 8 nitrogen and oxygen atoms in total. The zero-order valence-corrected chi connectivity index (χ0v) is 19.4. The molecule has 2 aromatic carbocycles. The van der Waals surface area contributed by atoms with Crippen LogP contribution in [0.5, 0.6) is 0 Å². The molecule has 1 unspecified atom stereocenters. The molecule has 0 saturated heterocycles. The fourth-order valence-corrected chi connectivity index (χ4v) is 4.83. The number of methoxy groups -OCH3 is 1. The van der Waals surface area contributed by atoms with Crippen LogP contribution in [0.4, 0.5) is 4.79 Å². The number of carbonyl (C=O) groups is 3. The van der Waals surface area contributed by atoms with E-state index >= 15 is 0 Å². The third-order valence-electron chi connectivity index (χ3n) is 6.94.